The fourth-order valence-corrected chi connectivity index (χ4v) is 2.68. The third kappa shape index (κ3) is 5.70. The molecular formula is C15H24Cl2F2N2. The summed E-state index contributed by atoms with van der Waals surface area (Å²) in [6, 6.07) is 3.74. The zero-order valence-corrected chi connectivity index (χ0v) is 14.1. The van der Waals surface area contributed by atoms with Gasteiger partial charge in [-0.25, -0.2) is 8.78 Å². The highest BCUT2D eigenvalue weighted by Crippen LogP contribution is 2.30. The van der Waals surface area contributed by atoms with Gasteiger partial charge >= 0.3 is 0 Å². The standard InChI is InChI=1S/C15H22F2N2.2ClH/c1-11(2)9-15(19-7-5-18-6-8-19)13-10-12(16)3-4-14(13)17;;/h3-4,10-11,15,18H,5-9H2,1-2H3;2*1H/t15-;;/m0../s1. The lowest BCUT2D eigenvalue weighted by Crippen LogP contribution is -2.45. The number of nitrogens with one attached hydrogen (secondary N) is 1. The van der Waals surface area contributed by atoms with E-state index in [4.69, 9.17) is 0 Å². The second kappa shape index (κ2) is 9.57. The van der Waals surface area contributed by atoms with Gasteiger partial charge in [-0.1, -0.05) is 13.8 Å². The van der Waals surface area contributed by atoms with Gasteiger partial charge in [-0.15, -0.1) is 24.8 Å². The van der Waals surface area contributed by atoms with Crippen LogP contribution in [0.25, 0.3) is 0 Å². The Kier molecular flexibility index (Phi) is 9.38. The van der Waals surface area contributed by atoms with E-state index in [2.05, 4.69) is 24.1 Å². The Morgan fingerprint density at radius 2 is 1.76 bits per heavy atom. The summed E-state index contributed by atoms with van der Waals surface area (Å²) in [6.45, 7) is 7.82. The first-order valence-electron chi connectivity index (χ1n) is 6.97. The summed E-state index contributed by atoms with van der Waals surface area (Å²) in [5, 5.41) is 3.29. The summed E-state index contributed by atoms with van der Waals surface area (Å²) >= 11 is 0. The number of hydrogen-bond acceptors (Lipinski definition) is 2. The second-order valence-electron chi connectivity index (χ2n) is 5.60. The number of rotatable bonds is 4. The number of nitrogens with zero attached hydrogens (tertiary/aromatic N) is 1. The van der Waals surface area contributed by atoms with Crippen LogP contribution in [0.5, 0.6) is 0 Å². The van der Waals surface area contributed by atoms with Crippen molar-refractivity contribution in [3.63, 3.8) is 0 Å². The molecule has 0 aliphatic carbocycles. The fraction of sp³-hybridized carbons (Fsp3) is 0.600. The molecule has 1 heterocycles. The summed E-state index contributed by atoms with van der Waals surface area (Å²) in [4.78, 5) is 2.26. The van der Waals surface area contributed by atoms with Gasteiger partial charge in [0.25, 0.3) is 0 Å². The normalized spacial score (nSPS) is 17.0. The molecule has 0 saturated carbocycles. The molecule has 0 spiro atoms. The second-order valence-corrected chi connectivity index (χ2v) is 5.60. The first-order valence-corrected chi connectivity index (χ1v) is 6.97. The Labute approximate surface area is 138 Å². The van der Waals surface area contributed by atoms with Crippen molar-refractivity contribution in [3.05, 3.63) is 35.4 Å². The van der Waals surface area contributed by atoms with Crippen LogP contribution in [0.3, 0.4) is 0 Å². The van der Waals surface area contributed by atoms with Crippen molar-refractivity contribution in [2.75, 3.05) is 26.2 Å². The van der Waals surface area contributed by atoms with Crippen molar-refractivity contribution in [2.45, 2.75) is 26.3 Å². The Balaban J connectivity index is 0.00000200. The molecule has 0 aromatic heterocycles. The van der Waals surface area contributed by atoms with E-state index in [0.717, 1.165) is 32.6 Å². The van der Waals surface area contributed by atoms with Crippen molar-refractivity contribution in [3.8, 4) is 0 Å². The first kappa shape index (κ1) is 20.6. The molecule has 0 amide bonds. The van der Waals surface area contributed by atoms with E-state index >= 15 is 0 Å². The lowest BCUT2D eigenvalue weighted by Gasteiger charge is -2.36. The van der Waals surface area contributed by atoms with Crippen LogP contribution in [0.15, 0.2) is 18.2 Å². The summed E-state index contributed by atoms with van der Waals surface area (Å²) in [5.41, 5.74) is 0.496. The Morgan fingerprint density at radius 3 is 2.33 bits per heavy atom. The van der Waals surface area contributed by atoms with E-state index in [1.54, 1.807) is 0 Å². The number of hydrogen-bond donors (Lipinski definition) is 1. The molecule has 1 atom stereocenters. The maximum absolute atomic E-state index is 14.0. The largest absolute Gasteiger partial charge is 0.314 e. The number of halogens is 4. The molecular weight excluding hydrogens is 317 g/mol. The molecule has 2 rings (SSSR count). The topological polar surface area (TPSA) is 15.3 Å². The van der Waals surface area contributed by atoms with Crippen molar-refractivity contribution in [1.29, 1.82) is 0 Å². The van der Waals surface area contributed by atoms with Crippen LogP contribution in [-0.4, -0.2) is 31.1 Å². The van der Waals surface area contributed by atoms with Crippen LogP contribution in [0.1, 0.15) is 31.9 Å². The quantitative estimate of drug-likeness (QED) is 0.896. The maximum atomic E-state index is 14.0. The molecule has 1 aromatic carbocycles. The minimum atomic E-state index is -0.361. The van der Waals surface area contributed by atoms with Crippen LogP contribution in [0.2, 0.25) is 0 Å². The predicted octanol–water partition coefficient (Wildman–Crippen LogP) is 3.80. The average Bonchev–Trinajstić information content (AvgIpc) is 2.40. The first-order chi connectivity index (χ1) is 9.08. The minimum Gasteiger partial charge on any atom is -0.314 e. The van der Waals surface area contributed by atoms with Crippen molar-refractivity contribution in [1.82, 2.24) is 10.2 Å². The monoisotopic (exact) mass is 340 g/mol. The highest BCUT2D eigenvalue weighted by atomic mass is 35.5. The van der Waals surface area contributed by atoms with Crippen molar-refractivity contribution >= 4 is 24.8 Å². The summed E-state index contributed by atoms with van der Waals surface area (Å²) in [6.07, 6.45) is 0.848. The van der Waals surface area contributed by atoms with Crippen LogP contribution in [0, 0.1) is 17.6 Å². The Bertz CT molecular complexity index is 424. The van der Waals surface area contributed by atoms with E-state index in [9.17, 15) is 8.78 Å². The van der Waals surface area contributed by atoms with Gasteiger partial charge in [-0.3, -0.25) is 4.90 Å². The van der Waals surface area contributed by atoms with Crippen LogP contribution < -0.4 is 5.32 Å². The zero-order valence-electron chi connectivity index (χ0n) is 12.4. The SMILES string of the molecule is CC(C)C[C@@H](c1cc(F)ccc1F)N1CCNCC1.Cl.Cl. The minimum absolute atomic E-state index is 0. The molecule has 0 bridgehead atoms. The highest BCUT2D eigenvalue weighted by Gasteiger charge is 2.25. The molecule has 1 fully saturated rings. The zero-order chi connectivity index (χ0) is 13.8. The van der Waals surface area contributed by atoms with Gasteiger partial charge in [-0.2, -0.15) is 0 Å². The molecule has 6 heteroatoms. The number of piperazine rings is 1. The van der Waals surface area contributed by atoms with E-state index in [1.807, 2.05) is 0 Å². The molecule has 2 nitrogen and oxygen atoms in total. The maximum Gasteiger partial charge on any atom is 0.128 e. The molecule has 0 unspecified atom stereocenters. The third-order valence-corrected chi connectivity index (χ3v) is 3.60. The Hall–Kier alpha value is -0.420. The smallest absolute Gasteiger partial charge is 0.128 e. The van der Waals surface area contributed by atoms with Crippen LogP contribution in [-0.2, 0) is 0 Å². The highest BCUT2D eigenvalue weighted by molar-refractivity contribution is 5.85. The average molecular weight is 341 g/mol. The van der Waals surface area contributed by atoms with Gasteiger partial charge in [0.05, 0.1) is 0 Å². The fourth-order valence-electron chi connectivity index (χ4n) is 2.68. The lowest BCUT2D eigenvalue weighted by molar-refractivity contribution is 0.150. The molecule has 122 valence electrons. The predicted molar refractivity (Wildman–Crippen MR) is 87.5 cm³/mol. The van der Waals surface area contributed by atoms with Gasteiger partial charge in [-0.05, 0) is 30.5 Å². The van der Waals surface area contributed by atoms with E-state index in [1.165, 1.54) is 18.2 Å². The molecule has 1 N–H and O–H groups in total. The summed E-state index contributed by atoms with van der Waals surface area (Å²) < 4.78 is 27.4. The van der Waals surface area contributed by atoms with Crippen molar-refractivity contribution < 1.29 is 8.78 Å². The molecule has 0 radical (unpaired) electrons. The van der Waals surface area contributed by atoms with Crippen LogP contribution in [0.4, 0.5) is 8.78 Å². The van der Waals surface area contributed by atoms with E-state index < -0.39 is 0 Å². The molecule has 1 aliphatic heterocycles. The molecule has 1 aromatic rings. The van der Waals surface area contributed by atoms with E-state index in [0.29, 0.717) is 11.5 Å². The Morgan fingerprint density at radius 1 is 1.14 bits per heavy atom. The van der Waals surface area contributed by atoms with E-state index in [-0.39, 0.29) is 42.5 Å². The van der Waals surface area contributed by atoms with Gasteiger partial charge in [0, 0.05) is 37.8 Å². The van der Waals surface area contributed by atoms with Gasteiger partial charge < -0.3 is 5.32 Å². The van der Waals surface area contributed by atoms with Gasteiger partial charge in [0.15, 0.2) is 0 Å². The van der Waals surface area contributed by atoms with Crippen molar-refractivity contribution in [2.24, 2.45) is 5.92 Å². The third-order valence-electron chi connectivity index (χ3n) is 3.60. The summed E-state index contributed by atoms with van der Waals surface area (Å²) in [7, 11) is 0. The lowest BCUT2D eigenvalue weighted by atomic mass is 9.94. The van der Waals surface area contributed by atoms with Crippen LogP contribution >= 0.6 is 24.8 Å². The van der Waals surface area contributed by atoms with Gasteiger partial charge in [0.1, 0.15) is 11.6 Å². The summed E-state index contributed by atoms with van der Waals surface area (Å²) in [5.74, 6) is -0.214. The van der Waals surface area contributed by atoms with Gasteiger partial charge in [0.2, 0.25) is 0 Å². The number of benzene rings is 1. The molecule has 1 saturated heterocycles. The molecule has 1 aliphatic rings. The molecule has 21 heavy (non-hydrogen) atoms.